The lowest BCUT2D eigenvalue weighted by molar-refractivity contribution is -0.115. The molecule has 0 unspecified atom stereocenters. The van der Waals surface area contributed by atoms with Gasteiger partial charge in [0.2, 0.25) is 5.91 Å². The maximum atomic E-state index is 12.7. The molecular formula is C22H25N3O2S. The highest BCUT2D eigenvalue weighted by atomic mass is 32.1. The number of thiazole rings is 1. The first-order valence-electron chi connectivity index (χ1n) is 13.1. The van der Waals surface area contributed by atoms with Crippen LogP contribution in [0.1, 0.15) is 54.5 Å². The number of benzene rings is 2. The Hall–Kier alpha value is -2.70. The first-order valence-corrected chi connectivity index (χ1v) is 9.37. The Kier molecular flexibility index (Phi) is 4.05. The summed E-state index contributed by atoms with van der Waals surface area (Å²) in [6.07, 6.45) is -6.24. The highest BCUT2D eigenvalue weighted by Gasteiger charge is 2.08. The van der Waals surface area contributed by atoms with E-state index in [1.165, 1.54) is 0 Å². The molecule has 1 amide bonds. The third-order valence-corrected chi connectivity index (χ3v) is 4.27. The van der Waals surface area contributed by atoms with Crippen molar-refractivity contribution in [2.75, 3.05) is 11.1 Å². The molecule has 0 radical (unpaired) electrons. The maximum Gasteiger partial charge on any atom is 0.230 e. The van der Waals surface area contributed by atoms with Gasteiger partial charge in [0.15, 0.2) is 5.13 Å². The molecule has 1 atom stereocenters. The van der Waals surface area contributed by atoms with E-state index in [4.69, 9.17) is 18.1 Å². The van der Waals surface area contributed by atoms with Crippen molar-refractivity contribution in [2.24, 2.45) is 0 Å². The standard InChI is InChI=1S/C22H25N3O2S/c23-22-25-19(15-28-22)14-21(27)24-18-12-10-16(11-13-18)6-4-5-9-20(26)17-7-2-1-3-8-17/h1-3,7-8,10-13,15,20,26H,4-6,9,14H2,(H2,23,25)(H,24,27)/t20-/m0/s1/i9D2,10D,11D,12D,13D,14D2,15D. The molecule has 0 spiro atoms. The van der Waals surface area contributed by atoms with Gasteiger partial charge >= 0.3 is 0 Å². The lowest BCUT2D eigenvalue weighted by atomic mass is 10.0. The van der Waals surface area contributed by atoms with Gasteiger partial charge in [0.25, 0.3) is 0 Å². The number of amides is 1. The Morgan fingerprint density at radius 1 is 1.25 bits per heavy atom. The lowest BCUT2D eigenvalue weighted by Gasteiger charge is -2.10. The molecule has 0 saturated carbocycles. The molecule has 0 bridgehead atoms. The van der Waals surface area contributed by atoms with Gasteiger partial charge in [0.05, 0.1) is 25.0 Å². The van der Waals surface area contributed by atoms with Gasteiger partial charge in [-0.25, -0.2) is 4.98 Å². The fourth-order valence-corrected chi connectivity index (χ4v) is 2.78. The Bertz CT molecular complexity index is 1270. The minimum Gasteiger partial charge on any atom is -0.388 e. The minimum atomic E-state index is -2.82. The van der Waals surface area contributed by atoms with E-state index in [0.29, 0.717) is 16.9 Å². The Balaban J connectivity index is 1.78. The van der Waals surface area contributed by atoms with E-state index < -0.39 is 60.3 Å². The molecule has 6 heteroatoms. The van der Waals surface area contributed by atoms with Gasteiger partial charge in [-0.15, -0.1) is 11.3 Å². The minimum absolute atomic E-state index is 0.00160. The van der Waals surface area contributed by atoms with E-state index >= 15 is 0 Å². The molecule has 1 heterocycles. The molecule has 0 aliphatic carbocycles. The summed E-state index contributed by atoms with van der Waals surface area (Å²) >= 11 is 0.679. The van der Waals surface area contributed by atoms with Gasteiger partial charge in [-0.1, -0.05) is 48.8 Å². The fraction of sp³-hybridized carbons (Fsp3) is 0.273. The van der Waals surface area contributed by atoms with E-state index in [9.17, 15) is 9.90 Å². The average molecular weight is 405 g/mol. The number of nitrogens with one attached hydrogen (secondary N) is 1. The van der Waals surface area contributed by atoms with Crippen LogP contribution in [0.2, 0.25) is 0 Å². The van der Waals surface area contributed by atoms with Crippen molar-refractivity contribution >= 4 is 28.1 Å². The molecule has 28 heavy (non-hydrogen) atoms. The highest BCUT2D eigenvalue weighted by molar-refractivity contribution is 7.13. The van der Waals surface area contributed by atoms with Crippen LogP contribution in [0.3, 0.4) is 0 Å². The quantitative estimate of drug-likeness (QED) is 0.495. The van der Waals surface area contributed by atoms with Gasteiger partial charge in [-0.2, -0.15) is 0 Å². The number of carbonyl (C=O) groups excluding carboxylic acids is 1. The number of hydrogen-bond acceptors (Lipinski definition) is 5. The Morgan fingerprint density at radius 3 is 2.68 bits per heavy atom. The monoisotopic (exact) mass is 404 g/mol. The van der Waals surface area contributed by atoms with Crippen LogP contribution in [-0.2, 0) is 17.6 Å². The molecule has 3 aromatic rings. The number of aromatic nitrogens is 1. The summed E-state index contributed by atoms with van der Waals surface area (Å²) in [5.41, 5.74) is 4.85. The van der Waals surface area contributed by atoms with Crippen molar-refractivity contribution < 1.29 is 22.2 Å². The summed E-state index contributed by atoms with van der Waals surface area (Å²) in [4.78, 5) is 16.4. The highest BCUT2D eigenvalue weighted by Crippen LogP contribution is 2.20. The molecule has 2 aromatic carbocycles. The predicted molar refractivity (Wildman–Crippen MR) is 114 cm³/mol. The van der Waals surface area contributed by atoms with E-state index in [1.807, 2.05) is 0 Å². The zero-order chi connectivity index (χ0) is 27.7. The van der Waals surface area contributed by atoms with Gasteiger partial charge in [0.1, 0.15) is 0 Å². The topological polar surface area (TPSA) is 88.2 Å². The third kappa shape index (κ3) is 6.18. The second-order valence-corrected chi connectivity index (χ2v) is 6.63. The van der Waals surface area contributed by atoms with Crippen molar-refractivity contribution in [2.45, 2.75) is 38.1 Å². The number of anilines is 2. The fourth-order valence-electron chi connectivity index (χ4n) is 2.35. The molecule has 0 aliphatic heterocycles. The summed E-state index contributed by atoms with van der Waals surface area (Å²) < 4.78 is 73.4. The number of carbonyl (C=O) groups is 1. The molecule has 0 fully saturated rings. The van der Waals surface area contributed by atoms with Gasteiger partial charge < -0.3 is 16.2 Å². The van der Waals surface area contributed by atoms with Crippen LogP contribution in [0, 0.1) is 0 Å². The number of aliphatic hydroxyl groups excluding tert-OH is 1. The molecule has 146 valence electrons. The van der Waals surface area contributed by atoms with Crippen LogP contribution in [0.5, 0.6) is 0 Å². The van der Waals surface area contributed by atoms with Crippen LogP contribution in [0.15, 0.2) is 59.9 Å². The van der Waals surface area contributed by atoms with Crippen molar-refractivity contribution in [3.63, 3.8) is 0 Å². The van der Waals surface area contributed by atoms with E-state index in [-0.39, 0.29) is 35.3 Å². The van der Waals surface area contributed by atoms with Crippen molar-refractivity contribution in [1.82, 2.24) is 4.98 Å². The largest absolute Gasteiger partial charge is 0.388 e. The predicted octanol–water partition coefficient (Wildman–Crippen LogP) is 4.35. The van der Waals surface area contributed by atoms with E-state index in [1.54, 1.807) is 30.3 Å². The number of nitrogens with two attached hydrogens (primary N) is 1. The SMILES string of the molecule is [2H]c1sc(N)nc1C([2H])([2H])C(=O)Nc1c([2H])c([2H])c(CCCC([2H])([2H])[C@H](O)c2ccccc2)c([2H])c1[2H]. The van der Waals surface area contributed by atoms with Crippen LogP contribution < -0.4 is 11.1 Å². The van der Waals surface area contributed by atoms with Crippen molar-refractivity contribution in [3.8, 4) is 0 Å². The molecule has 3 rings (SSSR count). The molecule has 1 aromatic heterocycles. The normalized spacial score (nSPS) is 17.5. The first-order chi connectivity index (χ1) is 17.2. The second kappa shape index (κ2) is 10.0. The lowest BCUT2D eigenvalue weighted by Crippen LogP contribution is -2.14. The van der Waals surface area contributed by atoms with Crippen LogP contribution >= 0.6 is 11.3 Å². The summed E-state index contributed by atoms with van der Waals surface area (Å²) in [6.45, 7) is 0. The smallest absolute Gasteiger partial charge is 0.230 e. The van der Waals surface area contributed by atoms with E-state index in [0.717, 1.165) is 0 Å². The summed E-state index contributed by atoms with van der Waals surface area (Å²) in [5, 5.41) is 12.1. The molecule has 0 aliphatic rings. The zero-order valence-corrected chi connectivity index (χ0v) is 15.7. The van der Waals surface area contributed by atoms with Crippen LogP contribution in [-0.4, -0.2) is 16.0 Å². The summed E-state index contributed by atoms with van der Waals surface area (Å²) in [5.74, 6) is -1.33. The molecule has 4 N–H and O–H groups in total. The molecule has 0 saturated heterocycles. The van der Waals surface area contributed by atoms with E-state index in [2.05, 4.69) is 10.3 Å². The number of hydrogen-bond donors (Lipinski definition) is 3. The third-order valence-electron chi connectivity index (χ3n) is 3.68. The van der Waals surface area contributed by atoms with Gasteiger partial charge in [-0.05, 0) is 42.4 Å². The Morgan fingerprint density at radius 2 is 2.00 bits per heavy atom. The van der Waals surface area contributed by atoms with Crippen LogP contribution in [0.4, 0.5) is 10.8 Å². The molecular weight excluding hydrogens is 370 g/mol. The number of rotatable bonds is 9. The number of aliphatic hydroxyl groups is 1. The van der Waals surface area contributed by atoms with Crippen LogP contribution in [0.25, 0.3) is 0 Å². The zero-order valence-electron chi connectivity index (χ0n) is 23.9. The second-order valence-electron chi connectivity index (χ2n) is 5.81. The number of nitrogens with zero attached hydrogens (tertiary/aromatic N) is 1. The summed E-state index contributed by atoms with van der Waals surface area (Å²) in [6, 6.07) is 6.21. The molecule has 5 nitrogen and oxygen atoms in total. The number of nitrogen functional groups attached to an aromatic ring is 1. The van der Waals surface area contributed by atoms with Crippen molar-refractivity contribution in [3.05, 3.63) is 76.7 Å². The van der Waals surface area contributed by atoms with Gasteiger partial charge in [0, 0.05) is 16.5 Å². The Labute approximate surface area is 181 Å². The van der Waals surface area contributed by atoms with Gasteiger partial charge in [-0.3, -0.25) is 4.79 Å². The maximum absolute atomic E-state index is 12.7. The summed E-state index contributed by atoms with van der Waals surface area (Å²) in [7, 11) is 0. The average Bonchev–Trinajstić information content (AvgIpc) is 3.21. The van der Waals surface area contributed by atoms with Crippen molar-refractivity contribution in [1.29, 1.82) is 0 Å². The first kappa shape index (κ1) is 11.3.